The molecule has 0 aromatic heterocycles. The minimum Gasteiger partial charge on any atom is -0.496 e. The molecule has 0 amide bonds. The molecule has 2 rings (SSSR count). The molecule has 3 atom stereocenters. The van der Waals surface area contributed by atoms with Gasteiger partial charge < -0.3 is 14.8 Å². The lowest BCUT2D eigenvalue weighted by molar-refractivity contribution is 0.0115. The summed E-state index contributed by atoms with van der Waals surface area (Å²) in [5, 5.41) is 3.70. The number of benzene rings is 1. The van der Waals surface area contributed by atoms with Gasteiger partial charge in [0.1, 0.15) is 5.75 Å². The van der Waals surface area contributed by atoms with Crippen LogP contribution < -0.4 is 10.1 Å². The van der Waals surface area contributed by atoms with E-state index in [1.54, 1.807) is 7.11 Å². The van der Waals surface area contributed by atoms with Crippen LogP contribution in [0.3, 0.4) is 0 Å². The van der Waals surface area contributed by atoms with E-state index < -0.39 is 0 Å². The third-order valence-corrected chi connectivity index (χ3v) is 3.83. The lowest BCUT2D eigenvalue weighted by Gasteiger charge is -2.31. The third kappa shape index (κ3) is 3.71. The Morgan fingerprint density at radius 1 is 1.42 bits per heavy atom. The van der Waals surface area contributed by atoms with Crippen molar-refractivity contribution in [2.45, 2.75) is 51.8 Å². The summed E-state index contributed by atoms with van der Waals surface area (Å²) in [6.07, 6.45) is 2.53. The van der Waals surface area contributed by atoms with Crippen LogP contribution in [0, 0.1) is 6.92 Å². The number of ether oxygens (including phenoxy) is 2. The quantitative estimate of drug-likeness (QED) is 0.904. The minimum absolute atomic E-state index is 0.297. The summed E-state index contributed by atoms with van der Waals surface area (Å²) >= 11 is 0. The maximum Gasteiger partial charge on any atom is 0.123 e. The van der Waals surface area contributed by atoms with E-state index >= 15 is 0 Å². The van der Waals surface area contributed by atoms with Crippen molar-refractivity contribution in [2.24, 2.45) is 0 Å². The van der Waals surface area contributed by atoms with Crippen LogP contribution in [0.5, 0.6) is 5.75 Å². The van der Waals surface area contributed by atoms with Crippen LogP contribution >= 0.6 is 0 Å². The van der Waals surface area contributed by atoms with E-state index in [9.17, 15) is 0 Å². The molecule has 0 bridgehead atoms. The standard InChI is InChI=1S/C16H25NO2/c1-11-5-6-15(16(9-11)18-4)13(3)17-14-7-8-19-12(2)10-14/h5-6,9,12-14,17H,7-8,10H2,1-4H3. The van der Waals surface area contributed by atoms with Gasteiger partial charge in [0, 0.05) is 24.3 Å². The highest BCUT2D eigenvalue weighted by molar-refractivity contribution is 5.39. The Balaban J connectivity index is 2.04. The molecule has 1 N–H and O–H groups in total. The zero-order valence-electron chi connectivity index (χ0n) is 12.4. The first-order valence-corrected chi connectivity index (χ1v) is 7.12. The largest absolute Gasteiger partial charge is 0.496 e. The third-order valence-electron chi connectivity index (χ3n) is 3.83. The van der Waals surface area contributed by atoms with Crippen molar-refractivity contribution in [3.63, 3.8) is 0 Å². The fourth-order valence-corrected chi connectivity index (χ4v) is 2.77. The van der Waals surface area contributed by atoms with E-state index in [2.05, 4.69) is 44.3 Å². The highest BCUT2D eigenvalue weighted by Crippen LogP contribution is 2.27. The van der Waals surface area contributed by atoms with Crippen molar-refractivity contribution in [3.8, 4) is 5.75 Å². The highest BCUT2D eigenvalue weighted by atomic mass is 16.5. The number of nitrogens with one attached hydrogen (secondary N) is 1. The topological polar surface area (TPSA) is 30.5 Å². The smallest absolute Gasteiger partial charge is 0.123 e. The summed E-state index contributed by atoms with van der Waals surface area (Å²) in [5.41, 5.74) is 2.46. The molecule has 1 saturated heterocycles. The maximum atomic E-state index is 5.59. The molecule has 0 spiro atoms. The van der Waals surface area contributed by atoms with Gasteiger partial charge in [-0.3, -0.25) is 0 Å². The zero-order chi connectivity index (χ0) is 13.8. The molecule has 3 unspecified atom stereocenters. The first-order valence-electron chi connectivity index (χ1n) is 7.12. The summed E-state index contributed by atoms with van der Waals surface area (Å²) in [5.74, 6) is 0.972. The molecule has 106 valence electrons. The fourth-order valence-electron chi connectivity index (χ4n) is 2.77. The SMILES string of the molecule is COc1cc(C)ccc1C(C)NC1CCOC(C)C1. The van der Waals surface area contributed by atoms with Gasteiger partial charge in [-0.05, 0) is 45.2 Å². The Kier molecular flexibility index (Phi) is 4.83. The Morgan fingerprint density at radius 2 is 2.21 bits per heavy atom. The van der Waals surface area contributed by atoms with Crippen LogP contribution in [-0.2, 0) is 4.74 Å². The summed E-state index contributed by atoms with van der Waals surface area (Å²) in [4.78, 5) is 0. The number of hydrogen-bond acceptors (Lipinski definition) is 3. The zero-order valence-corrected chi connectivity index (χ0v) is 12.4. The maximum absolute atomic E-state index is 5.59. The van der Waals surface area contributed by atoms with Crippen LogP contribution in [0.4, 0.5) is 0 Å². The second-order valence-electron chi connectivity index (χ2n) is 5.54. The van der Waals surface area contributed by atoms with E-state index in [0.29, 0.717) is 18.2 Å². The Bertz CT molecular complexity index is 419. The van der Waals surface area contributed by atoms with E-state index in [-0.39, 0.29) is 0 Å². The molecule has 1 aliphatic rings. The van der Waals surface area contributed by atoms with Crippen molar-refractivity contribution in [2.75, 3.05) is 13.7 Å². The van der Waals surface area contributed by atoms with Gasteiger partial charge in [0.2, 0.25) is 0 Å². The molecule has 19 heavy (non-hydrogen) atoms. The molecule has 0 radical (unpaired) electrons. The van der Waals surface area contributed by atoms with E-state index in [1.807, 2.05) is 0 Å². The van der Waals surface area contributed by atoms with Gasteiger partial charge in [0.25, 0.3) is 0 Å². The molecule has 1 fully saturated rings. The second kappa shape index (κ2) is 6.40. The lowest BCUT2D eigenvalue weighted by Crippen LogP contribution is -2.39. The number of methoxy groups -OCH3 is 1. The molecule has 1 aromatic carbocycles. The van der Waals surface area contributed by atoms with Crippen LogP contribution in [0.1, 0.15) is 43.9 Å². The highest BCUT2D eigenvalue weighted by Gasteiger charge is 2.22. The van der Waals surface area contributed by atoms with Crippen molar-refractivity contribution in [1.82, 2.24) is 5.32 Å². The Hall–Kier alpha value is -1.06. The van der Waals surface area contributed by atoms with E-state index in [1.165, 1.54) is 11.1 Å². The summed E-state index contributed by atoms with van der Waals surface area (Å²) in [7, 11) is 1.74. The molecule has 3 heteroatoms. The van der Waals surface area contributed by atoms with Crippen LogP contribution in [0.2, 0.25) is 0 Å². The molecule has 1 heterocycles. The summed E-state index contributed by atoms with van der Waals surface area (Å²) < 4.78 is 11.1. The van der Waals surface area contributed by atoms with Gasteiger partial charge in [-0.15, -0.1) is 0 Å². The van der Waals surface area contributed by atoms with Crippen LogP contribution in [-0.4, -0.2) is 25.9 Å². The predicted molar refractivity (Wildman–Crippen MR) is 77.7 cm³/mol. The molecular formula is C16H25NO2. The van der Waals surface area contributed by atoms with Gasteiger partial charge in [-0.2, -0.15) is 0 Å². The Labute approximate surface area is 116 Å². The van der Waals surface area contributed by atoms with Gasteiger partial charge in [-0.25, -0.2) is 0 Å². The monoisotopic (exact) mass is 263 g/mol. The van der Waals surface area contributed by atoms with Gasteiger partial charge in [0.15, 0.2) is 0 Å². The minimum atomic E-state index is 0.297. The van der Waals surface area contributed by atoms with Gasteiger partial charge >= 0.3 is 0 Å². The van der Waals surface area contributed by atoms with Crippen molar-refractivity contribution < 1.29 is 9.47 Å². The normalized spacial score (nSPS) is 25.1. The molecule has 3 nitrogen and oxygen atoms in total. The average Bonchev–Trinajstić information content (AvgIpc) is 2.38. The van der Waals surface area contributed by atoms with Crippen LogP contribution in [0.25, 0.3) is 0 Å². The van der Waals surface area contributed by atoms with Crippen molar-refractivity contribution in [3.05, 3.63) is 29.3 Å². The van der Waals surface area contributed by atoms with Crippen LogP contribution in [0.15, 0.2) is 18.2 Å². The first kappa shape index (κ1) is 14.4. The second-order valence-corrected chi connectivity index (χ2v) is 5.54. The molecule has 0 aliphatic carbocycles. The number of hydrogen-bond donors (Lipinski definition) is 1. The fraction of sp³-hybridized carbons (Fsp3) is 0.625. The summed E-state index contributed by atoms with van der Waals surface area (Å²) in [6, 6.07) is 7.23. The van der Waals surface area contributed by atoms with E-state index in [0.717, 1.165) is 25.2 Å². The molecule has 1 aliphatic heterocycles. The Morgan fingerprint density at radius 3 is 2.89 bits per heavy atom. The first-order chi connectivity index (χ1) is 9.10. The summed E-state index contributed by atoms with van der Waals surface area (Å²) in [6.45, 7) is 7.29. The molecule has 0 saturated carbocycles. The van der Waals surface area contributed by atoms with E-state index in [4.69, 9.17) is 9.47 Å². The molecular weight excluding hydrogens is 238 g/mol. The number of rotatable bonds is 4. The van der Waals surface area contributed by atoms with Crippen molar-refractivity contribution >= 4 is 0 Å². The average molecular weight is 263 g/mol. The number of aryl methyl sites for hydroxylation is 1. The predicted octanol–water partition coefficient (Wildman–Crippen LogP) is 3.22. The van der Waals surface area contributed by atoms with Crippen molar-refractivity contribution in [1.29, 1.82) is 0 Å². The lowest BCUT2D eigenvalue weighted by atomic mass is 10.00. The van der Waals surface area contributed by atoms with Gasteiger partial charge in [0.05, 0.1) is 13.2 Å². The molecule has 1 aromatic rings. The van der Waals surface area contributed by atoms with Gasteiger partial charge in [-0.1, -0.05) is 12.1 Å².